The molecule has 0 saturated heterocycles. The predicted molar refractivity (Wildman–Crippen MR) is 52.7 cm³/mol. The minimum absolute atomic E-state index is 0.335. The van der Waals surface area contributed by atoms with Crippen LogP contribution in [0.1, 0.15) is 23.0 Å². The van der Waals surface area contributed by atoms with Crippen LogP contribution in [0.5, 0.6) is 0 Å². The Bertz CT molecular complexity index is 325. The van der Waals surface area contributed by atoms with Gasteiger partial charge in [-0.3, -0.25) is 0 Å². The van der Waals surface area contributed by atoms with Gasteiger partial charge in [0, 0.05) is 5.69 Å². The van der Waals surface area contributed by atoms with Gasteiger partial charge in [0.25, 0.3) is 0 Å². The first-order valence-corrected chi connectivity index (χ1v) is 4.71. The second kappa shape index (κ2) is 4.37. The standard InChI is InChI=1S/C9H10BrNO2/c1-3-7-4-6(9(12)13-2)5-8(10)11-7/h4-5H,3H2,1-2H3. The molecular formula is C9H10BrNO2. The van der Waals surface area contributed by atoms with Crippen molar-refractivity contribution in [3.8, 4) is 0 Å². The van der Waals surface area contributed by atoms with E-state index in [2.05, 4.69) is 25.7 Å². The van der Waals surface area contributed by atoms with Crippen molar-refractivity contribution in [2.75, 3.05) is 7.11 Å². The molecule has 0 fully saturated rings. The van der Waals surface area contributed by atoms with Crippen molar-refractivity contribution in [2.45, 2.75) is 13.3 Å². The fourth-order valence-electron chi connectivity index (χ4n) is 0.968. The maximum Gasteiger partial charge on any atom is 0.338 e. The van der Waals surface area contributed by atoms with Crippen LogP contribution >= 0.6 is 15.9 Å². The van der Waals surface area contributed by atoms with Crippen LogP contribution in [-0.4, -0.2) is 18.1 Å². The molecule has 0 amide bonds. The number of aromatic nitrogens is 1. The third-order valence-electron chi connectivity index (χ3n) is 1.63. The van der Waals surface area contributed by atoms with Crippen molar-refractivity contribution in [1.29, 1.82) is 0 Å². The van der Waals surface area contributed by atoms with Gasteiger partial charge in [-0.2, -0.15) is 0 Å². The van der Waals surface area contributed by atoms with E-state index in [1.54, 1.807) is 12.1 Å². The second-order valence-corrected chi connectivity index (χ2v) is 3.33. The summed E-state index contributed by atoms with van der Waals surface area (Å²) < 4.78 is 5.26. The van der Waals surface area contributed by atoms with Crippen molar-refractivity contribution >= 4 is 21.9 Å². The van der Waals surface area contributed by atoms with Crippen molar-refractivity contribution in [3.05, 3.63) is 28.0 Å². The number of hydrogen-bond donors (Lipinski definition) is 0. The molecule has 0 aliphatic carbocycles. The van der Waals surface area contributed by atoms with Gasteiger partial charge in [-0.05, 0) is 34.5 Å². The quantitative estimate of drug-likeness (QED) is 0.591. The van der Waals surface area contributed by atoms with E-state index in [4.69, 9.17) is 0 Å². The fourth-order valence-corrected chi connectivity index (χ4v) is 1.44. The van der Waals surface area contributed by atoms with Crippen LogP contribution < -0.4 is 0 Å². The minimum Gasteiger partial charge on any atom is -0.465 e. The molecule has 0 spiro atoms. The lowest BCUT2D eigenvalue weighted by Gasteiger charge is -2.02. The van der Waals surface area contributed by atoms with Crippen LogP contribution in [0.15, 0.2) is 16.7 Å². The van der Waals surface area contributed by atoms with Crippen LogP contribution in [-0.2, 0) is 11.2 Å². The van der Waals surface area contributed by atoms with E-state index in [1.165, 1.54) is 7.11 Å². The lowest BCUT2D eigenvalue weighted by molar-refractivity contribution is 0.0600. The van der Waals surface area contributed by atoms with Crippen LogP contribution in [0.2, 0.25) is 0 Å². The van der Waals surface area contributed by atoms with E-state index in [9.17, 15) is 4.79 Å². The van der Waals surface area contributed by atoms with Crippen molar-refractivity contribution in [3.63, 3.8) is 0 Å². The Balaban J connectivity index is 3.08. The number of esters is 1. The largest absolute Gasteiger partial charge is 0.465 e. The molecule has 70 valence electrons. The first kappa shape index (κ1) is 10.2. The topological polar surface area (TPSA) is 39.2 Å². The molecule has 0 atom stereocenters. The van der Waals surface area contributed by atoms with Crippen LogP contribution in [0.25, 0.3) is 0 Å². The zero-order valence-electron chi connectivity index (χ0n) is 7.50. The molecule has 0 aliphatic heterocycles. The van der Waals surface area contributed by atoms with Gasteiger partial charge >= 0.3 is 5.97 Å². The Hall–Kier alpha value is -0.900. The molecule has 1 aromatic heterocycles. The molecule has 0 N–H and O–H groups in total. The van der Waals surface area contributed by atoms with E-state index in [1.807, 2.05) is 6.92 Å². The van der Waals surface area contributed by atoms with E-state index >= 15 is 0 Å². The van der Waals surface area contributed by atoms with Crippen LogP contribution in [0.3, 0.4) is 0 Å². The van der Waals surface area contributed by atoms with Crippen molar-refractivity contribution in [1.82, 2.24) is 4.98 Å². The molecule has 0 radical (unpaired) electrons. The van der Waals surface area contributed by atoms with Gasteiger partial charge < -0.3 is 4.74 Å². The van der Waals surface area contributed by atoms with E-state index in [0.29, 0.717) is 10.2 Å². The molecule has 0 unspecified atom stereocenters. The molecule has 1 rings (SSSR count). The number of hydrogen-bond acceptors (Lipinski definition) is 3. The zero-order valence-corrected chi connectivity index (χ0v) is 9.09. The smallest absolute Gasteiger partial charge is 0.338 e. The van der Waals surface area contributed by atoms with E-state index in [0.717, 1.165) is 12.1 Å². The monoisotopic (exact) mass is 243 g/mol. The summed E-state index contributed by atoms with van der Waals surface area (Å²) >= 11 is 3.23. The predicted octanol–water partition coefficient (Wildman–Crippen LogP) is 2.19. The van der Waals surface area contributed by atoms with E-state index in [-0.39, 0.29) is 5.97 Å². The molecule has 13 heavy (non-hydrogen) atoms. The van der Waals surface area contributed by atoms with Gasteiger partial charge in [-0.15, -0.1) is 0 Å². The normalized spacial score (nSPS) is 9.77. The van der Waals surface area contributed by atoms with Gasteiger partial charge in [-0.1, -0.05) is 6.92 Å². The van der Waals surface area contributed by atoms with Gasteiger partial charge in [-0.25, -0.2) is 9.78 Å². The molecule has 3 nitrogen and oxygen atoms in total. The molecule has 1 aromatic rings. The highest BCUT2D eigenvalue weighted by molar-refractivity contribution is 9.10. The molecule has 0 saturated carbocycles. The number of methoxy groups -OCH3 is 1. The molecular weight excluding hydrogens is 234 g/mol. The molecule has 0 aliphatic rings. The minimum atomic E-state index is -0.335. The summed E-state index contributed by atoms with van der Waals surface area (Å²) in [5.74, 6) is -0.335. The number of halogens is 1. The Kier molecular flexibility index (Phi) is 3.42. The van der Waals surface area contributed by atoms with Gasteiger partial charge in [0.05, 0.1) is 12.7 Å². The first-order chi connectivity index (χ1) is 6.17. The highest BCUT2D eigenvalue weighted by atomic mass is 79.9. The maximum absolute atomic E-state index is 11.2. The van der Waals surface area contributed by atoms with Gasteiger partial charge in [0.2, 0.25) is 0 Å². The summed E-state index contributed by atoms with van der Waals surface area (Å²) in [4.78, 5) is 15.3. The second-order valence-electron chi connectivity index (χ2n) is 2.52. The van der Waals surface area contributed by atoms with Gasteiger partial charge in [0.15, 0.2) is 0 Å². The summed E-state index contributed by atoms with van der Waals surface area (Å²) in [6.07, 6.45) is 0.795. The molecule has 0 bridgehead atoms. The number of ether oxygens (including phenoxy) is 1. The van der Waals surface area contributed by atoms with E-state index < -0.39 is 0 Å². The summed E-state index contributed by atoms with van der Waals surface area (Å²) in [6.45, 7) is 1.98. The average Bonchev–Trinajstić information content (AvgIpc) is 2.15. The number of pyridine rings is 1. The third kappa shape index (κ3) is 2.52. The average molecular weight is 244 g/mol. The Morgan fingerprint density at radius 2 is 2.31 bits per heavy atom. The Morgan fingerprint density at radius 1 is 1.62 bits per heavy atom. The summed E-state index contributed by atoms with van der Waals surface area (Å²) in [5.41, 5.74) is 1.40. The highest BCUT2D eigenvalue weighted by Gasteiger charge is 2.07. The number of carbonyl (C=O) groups excluding carboxylic acids is 1. The highest BCUT2D eigenvalue weighted by Crippen LogP contribution is 2.12. The van der Waals surface area contributed by atoms with Crippen LogP contribution in [0.4, 0.5) is 0 Å². The molecule has 4 heteroatoms. The maximum atomic E-state index is 11.2. The molecule has 1 heterocycles. The SMILES string of the molecule is CCc1cc(C(=O)OC)cc(Br)n1. The van der Waals surface area contributed by atoms with Gasteiger partial charge in [0.1, 0.15) is 4.60 Å². The van der Waals surface area contributed by atoms with Crippen molar-refractivity contribution in [2.24, 2.45) is 0 Å². The third-order valence-corrected chi connectivity index (χ3v) is 2.04. The lowest BCUT2D eigenvalue weighted by atomic mass is 10.2. The number of nitrogens with zero attached hydrogens (tertiary/aromatic N) is 1. The fraction of sp³-hybridized carbons (Fsp3) is 0.333. The number of carbonyl (C=O) groups is 1. The summed E-state index contributed by atoms with van der Waals surface area (Å²) in [5, 5.41) is 0. The van der Waals surface area contributed by atoms with Crippen LogP contribution in [0, 0.1) is 0 Å². The Labute approximate surface area is 85.3 Å². The summed E-state index contributed by atoms with van der Waals surface area (Å²) in [7, 11) is 1.36. The summed E-state index contributed by atoms with van der Waals surface area (Å²) in [6, 6.07) is 3.38. The lowest BCUT2D eigenvalue weighted by Crippen LogP contribution is -2.03. The number of rotatable bonds is 2. The first-order valence-electron chi connectivity index (χ1n) is 3.92. The molecule has 0 aromatic carbocycles. The zero-order chi connectivity index (χ0) is 9.84. The Morgan fingerprint density at radius 3 is 2.85 bits per heavy atom. The van der Waals surface area contributed by atoms with Crippen molar-refractivity contribution < 1.29 is 9.53 Å². The number of aryl methyl sites for hydroxylation is 1.